The SMILES string of the molecule is O=C(NC(c1ccccc1)c1ccccc1)[C@H](c1cccc([N+](=O)[O-])c1)N1CCOCC1. The highest BCUT2D eigenvalue weighted by atomic mass is 16.6. The second-order valence-electron chi connectivity index (χ2n) is 7.67. The van der Waals surface area contributed by atoms with E-state index in [2.05, 4.69) is 5.32 Å². The van der Waals surface area contributed by atoms with E-state index in [0.29, 0.717) is 31.9 Å². The summed E-state index contributed by atoms with van der Waals surface area (Å²) in [6.07, 6.45) is 0. The molecule has 3 aromatic carbocycles. The second-order valence-corrected chi connectivity index (χ2v) is 7.67. The molecule has 1 aliphatic rings. The van der Waals surface area contributed by atoms with Crippen molar-refractivity contribution in [3.05, 3.63) is 112 Å². The lowest BCUT2D eigenvalue weighted by Crippen LogP contribution is -2.46. The Kier molecular flexibility index (Phi) is 6.89. The fraction of sp³-hybridized carbons (Fsp3) is 0.240. The number of hydrogen-bond donors (Lipinski definition) is 1. The fourth-order valence-corrected chi connectivity index (χ4v) is 4.04. The van der Waals surface area contributed by atoms with E-state index < -0.39 is 11.0 Å². The first-order valence-corrected chi connectivity index (χ1v) is 10.6. The van der Waals surface area contributed by atoms with Crippen LogP contribution < -0.4 is 5.32 Å². The summed E-state index contributed by atoms with van der Waals surface area (Å²) >= 11 is 0. The molecule has 164 valence electrons. The molecule has 0 unspecified atom stereocenters. The van der Waals surface area contributed by atoms with E-state index in [1.54, 1.807) is 12.1 Å². The van der Waals surface area contributed by atoms with Crippen molar-refractivity contribution >= 4 is 11.6 Å². The molecule has 1 saturated heterocycles. The van der Waals surface area contributed by atoms with E-state index in [0.717, 1.165) is 11.1 Å². The van der Waals surface area contributed by atoms with Crippen LogP contribution in [0.15, 0.2) is 84.9 Å². The van der Waals surface area contributed by atoms with Crippen molar-refractivity contribution in [1.29, 1.82) is 0 Å². The number of hydrogen-bond acceptors (Lipinski definition) is 5. The first kappa shape index (κ1) is 21.7. The molecule has 0 bridgehead atoms. The number of nitro groups is 1. The lowest BCUT2D eigenvalue weighted by atomic mass is 9.97. The minimum absolute atomic E-state index is 0.0313. The Morgan fingerprint density at radius 1 is 0.875 bits per heavy atom. The van der Waals surface area contributed by atoms with Gasteiger partial charge in [-0.15, -0.1) is 0 Å². The molecule has 32 heavy (non-hydrogen) atoms. The molecule has 1 heterocycles. The van der Waals surface area contributed by atoms with Gasteiger partial charge in [-0.2, -0.15) is 0 Å². The van der Waals surface area contributed by atoms with E-state index in [4.69, 9.17) is 4.74 Å². The number of carbonyl (C=O) groups excluding carboxylic acids is 1. The third-order valence-electron chi connectivity index (χ3n) is 5.61. The van der Waals surface area contributed by atoms with Crippen molar-refractivity contribution in [3.8, 4) is 0 Å². The molecule has 1 N–H and O–H groups in total. The Morgan fingerprint density at radius 2 is 1.44 bits per heavy atom. The molecule has 1 atom stereocenters. The van der Waals surface area contributed by atoms with Crippen molar-refractivity contribution in [2.24, 2.45) is 0 Å². The summed E-state index contributed by atoms with van der Waals surface area (Å²) in [6.45, 7) is 2.17. The van der Waals surface area contributed by atoms with E-state index >= 15 is 0 Å². The van der Waals surface area contributed by atoms with Crippen LogP contribution in [0, 0.1) is 10.1 Å². The highest BCUT2D eigenvalue weighted by Crippen LogP contribution is 2.28. The highest BCUT2D eigenvalue weighted by molar-refractivity contribution is 5.84. The van der Waals surface area contributed by atoms with Crippen LogP contribution in [0.5, 0.6) is 0 Å². The van der Waals surface area contributed by atoms with Gasteiger partial charge in [0.2, 0.25) is 5.91 Å². The molecular formula is C25H25N3O4. The van der Waals surface area contributed by atoms with Crippen LogP contribution in [-0.4, -0.2) is 42.0 Å². The summed E-state index contributed by atoms with van der Waals surface area (Å²) < 4.78 is 5.47. The first-order valence-electron chi connectivity index (χ1n) is 10.6. The summed E-state index contributed by atoms with van der Waals surface area (Å²) in [7, 11) is 0. The van der Waals surface area contributed by atoms with Gasteiger partial charge in [0.05, 0.1) is 24.2 Å². The molecule has 3 aromatic rings. The predicted molar refractivity (Wildman–Crippen MR) is 121 cm³/mol. The molecule has 1 aliphatic heterocycles. The second kappa shape index (κ2) is 10.2. The van der Waals surface area contributed by atoms with E-state index in [1.165, 1.54) is 12.1 Å². The Labute approximate surface area is 186 Å². The fourth-order valence-electron chi connectivity index (χ4n) is 4.04. The predicted octanol–water partition coefficient (Wildman–Crippen LogP) is 3.87. The molecule has 1 fully saturated rings. The lowest BCUT2D eigenvalue weighted by molar-refractivity contribution is -0.384. The third-order valence-corrected chi connectivity index (χ3v) is 5.61. The van der Waals surface area contributed by atoms with Gasteiger partial charge < -0.3 is 10.1 Å². The summed E-state index contributed by atoms with van der Waals surface area (Å²) in [5.41, 5.74) is 2.49. The van der Waals surface area contributed by atoms with Crippen molar-refractivity contribution in [2.45, 2.75) is 12.1 Å². The number of benzene rings is 3. The lowest BCUT2D eigenvalue weighted by Gasteiger charge is -2.34. The zero-order valence-electron chi connectivity index (χ0n) is 17.6. The average molecular weight is 431 g/mol. The van der Waals surface area contributed by atoms with Crippen LogP contribution in [0.2, 0.25) is 0 Å². The summed E-state index contributed by atoms with van der Waals surface area (Å²) in [5.74, 6) is -0.204. The molecule has 0 radical (unpaired) electrons. The van der Waals surface area contributed by atoms with Crippen molar-refractivity contribution in [1.82, 2.24) is 10.2 Å². The van der Waals surface area contributed by atoms with Crippen LogP contribution in [0.25, 0.3) is 0 Å². The minimum atomic E-state index is -0.659. The molecule has 0 aliphatic carbocycles. The van der Waals surface area contributed by atoms with Gasteiger partial charge in [0.15, 0.2) is 0 Å². The molecule has 7 heteroatoms. The smallest absolute Gasteiger partial charge is 0.269 e. The van der Waals surface area contributed by atoms with E-state index in [-0.39, 0.29) is 17.6 Å². The van der Waals surface area contributed by atoms with Crippen molar-refractivity contribution in [3.63, 3.8) is 0 Å². The highest BCUT2D eigenvalue weighted by Gasteiger charge is 2.32. The first-order chi connectivity index (χ1) is 15.6. The normalized spacial score (nSPS) is 15.3. The van der Waals surface area contributed by atoms with Gasteiger partial charge in [-0.1, -0.05) is 72.8 Å². The van der Waals surface area contributed by atoms with Crippen LogP contribution >= 0.6 is 0 Å². The molecule has 0 saturated carbocycles. The van der Waals surface area contributed by atoms with Gasteiger partial charge in [0, 0.05) is 25.2 Å². The van der Waals surface area contributed by atoms with Gasteiger partial charge in [-0.05, 0) is 16.7 Å². The minimum Gasteiger partial charge on any atom is -0.379 e. The number of nitrogens with one attached hydrogen (secondary N) is 1. The molecule has 0 spiro atoms. The summed E-state index contributed by atoms with van der Waals surface area (Å²) in [4.78, 5) is 26.6. The van der Waals surface area contributed by atoms with Gasteiger partial charge in [0.25, 0.3) is 5.69 Å². The summed E-state index contributed by atoms with van der Waals surface area (Å²) in [6, 6.07) is 24.9. The molecular weight excluding hydrogens is 406 g/mol. The topological polar surface area (TPSA) is 84.7 Å². The van der Waals surface area contributed by atoms with Crippen LogP contribution in [0.4, 0.5) is 5.69 Å². The largest absolute Gasteiger partial charge is 0.379 e. The van der Waals surface area contributed by atoms with Gasteiger partial charge in [-0.3, -0.25) is 19.8 Å². The molecule has 7 nitrogen and oxygen atoms in total. The third kappa shape index (κ3) is 5.01. The molecule has 0 aromatic heterocycles. The van der Waals surface area contributed by atoms with Crippen molar-refractivity contribution in [2.75, 3.05) is 26.3 Å². The van der Waals surface area contributed by atoms with E-state index in [1.807, 2.05) is 65.6 Å². The van der Waals surface area contributed by atoms with Gasteiger partial charge >= 0.3 is 0 Å². The maximum atomic E-state index is 13.7. The number of rotatable bonds is 7. The number of ether oxygens (including phenoxy) is 1. The zero-order valence-corrected chi connectivity index (χ0v) is 17.6. The number of nitro benzene ring substituents is 1. The Hall–Kier alpha value is -3.55. The van der Waals surface area contributed by atoms with Gasteiger partial charge in [-0.25, -0.2) is 0 Å². The van der Waals surface area contributed by atoms with Crippen LogP contribution in [0.3, 0.4) is 0 Å². The Bertz CT molecular complexity index is 1010. The monoisotopic (exact) mass is 431 g/mol. The quantitative estimate of drug-likeness (QED) is 0.453. The Balaban J connectivity index is 1.69. The van der Waals surface area contributed by atoms with Crippen LogP contribution in [0.1, 0.15) is 28.8 Å². The maximum absolute atomic E-state index is 13.7. The maximum Gasteiger partial charge on any atom is 0.269 e. The zero-order chi connectivity index (χ0) is 22.3. The average Bonchev–Trinajstić information content (AvgIpc) is 2.84. The Morgan fingerprint density at radius 3 is 2.00 bits per heavy atom. The molecule has 4 rings (SSSR count). The van der Waals surface area contributed by atoms with Gasteiger partial charge in [0.1, 0.15) is 6.04 Å². The van der Waals surface area contributed by atoms with E-state index in [9.17, 15) is 14.9 Å². The number of non-ortho nitro benzene ring substituents is 1. The van der Waals surface area contributed by atoms with Crippen molar-refractivity contribution < 1.29 is 14.5 Å². The number of carbonyl (C=O) groups is 1. The standard InChI is InChI=1S/C25H25N3O4/c29-25(26-23(19-8-3-1-4-9-19)20-10-5-2-6-11-20)24(27-14-16-32-17-15-27)21-12-7-13-22(18-21)28(30)31/h1-13,18,23-24H,14-17H2,(H,26,29)/t24-/m0/s1. The van der Waals surface area contributed by atoms with Crippen LogP contribution in [-0.2, 0) is 9.53 Å². The summed E-state index contributed by atoms with van der Waals surface area (Å²) in [5, 5.41) is 14.5. The number of nitrogens with zero attached hydrogens (tertiary/aromatic N) is 2. The number of morpholine rings is 1. The molecule has 1 amide bonds. The number of amides is 1.